The Labute approximate surface area is 123 Å². The van der Waals surface area contributed by atoms with E-state index < -0.39 is 48.5 Å². The van der Waals surface area contributed by atoms with E-state index in [1.54, 1.807) is 0 Å². The van der Waals surface area contributed by atoms with Gasteiger partial charge in [-0.3, -0.25) is 0 Å². The Morgan fingerprint density at radius 2 is 1.81 bits per heavy atom. The van der Waals surface area contributed by atoms with Crippen molar-refractivity contribution in [1.82, 2.24) is 0 Å². The molecule has 1 rings (SSSR count). The van der Waals surface area contributed by atoms with E-state index in [1.165, 1.54) is 21.0 Å². The summed E-state index contributed by atoms with van der Waals surface area (Å²) in [5.74, 6) is 0. The molecule has 1 saturated heterocycles. The molecule has 126 valence electrons. The lowest BCUT2D eigenvalue weighted by Gasteiger charge is -2.47. The number of aliphatic hydroxyl groups is 6. The molecule has 0 aromatic carbocycles. The monoisotopic (exact) mass is 310 g/mol. The lowest BCUT2D eigenvalue weighted by Crippen LogP contribution is -2.62. The van der Waals surface area contributed by atoms with E-state index in [1.807, 2.05) is 0 Å². The van der Waals surface area contributed by atoms with Crippen molar-refractivity contribution >= 4 is 0 Å². The average molecular weight is 310 g/mol. The molecule has 8 heteroatoms. The number of methoxy groups -OCH3 is 1. The fourth-order valence-electron chi connectivity index (χ4n) is 2.53. The van der Waals surface area contributed by atoms with Gasteiger partial charge in [0.1, 0.15) is 17.8 Å². The summed E-state index contributed by atoms with van der Waals surface area (Å²) in [6, 6.07) is 0. The fraction of sp³-hybridized carbons (Fsp3) is 1.00. The predicted molar refractivity (Wildman–Crippen MR) is 71.2 cm³/mol. The Balaban J connectivity index is 2.88. The summed E-state index contributed by atoms with van der Waals surface area (Å²) in [4.78, 5) is 0. The maximum absolute atomic E-state index is 10.5. The third-order valence-corrected chi connectivity index (χ3v) is 4.01. The van der Waals surface area contributed by atoms with Gasteiger partial charge in [-0.25, -0.2) is 0 Å². The summed E-state index contributed by atoms with van der Waals surface area (Å²) < 4.78 is 10.3. The SMILES string of the molecule is COC1OC(CC(O)C(O)C(C)O)C(O)(C(C)O)CC1O. The molecule has 8 nitrogen and oxygen atoms in total. The highest BCUT2D eigenvalue weighted by Gasteiger charge is 2.51. The number of hydrogen-bond acceptors (Lipinski definition) is 8. The molecule has 0 saturated carbocycles. The minimum absolute atomic E-state index is 0.203. The van der Waals surface area contributed by atoms with Gasteiger partial charge in [-0.15, -0.1) is 0 Å². The Kier molecular flexibility index (Phi) is 6.51. The molecule has 1 aliphatic heterocycles. The van der Waals surface area contributed by atoms with E-state index in [0.29, 0.717) is 0 Å². The maximum atomic E-state index is 10.5. The molecule has 8 unspecified atom stereocenters. The zero-order valence-corrected chi connectivity index (χ0v) is 12.5. The van der Waals surface area contributed by atoms with Crippen LogP contribution in [0.25, 0.3) is 0 Å². The number of aliphatic hydroxyl groups excluding tert-OH is 5. The first-order chi connectivity index (χ1) is 9.63. The van der Waals surface area contributed by atoms with Crippen LogP contribution in [0.15, 0.2) is 0 Å². The summed E-state index contributed by atoms with van der Waals surface area (Å²) in [5, 5.41) is 58.9. The summed E-state index contributed by atoms with van der Waals surface area (Å²) >= 11 is 0. The van der Waals surface area contributed by atoms with E-state index in [9.17, 15) is 30.6 Å². The van der Waals surface area contributed by atoms with Crippen molar-refractivity contribution in [2.75, 3.05) is 7.11 Å². The van der Waals surface area contributed by atoms with Crippen LogP contribution in [-0.4, -0.2) is 86.3 Å². The highest BCUT2D eigenvalue weighted by molar-refractivity contribution is 4.99. The zero-order valence-electron chi connectivity index (χ0n) is 12.5. The molecule has 0 aliphatic carbocycles. The molecule has 0 radical (unpaired) electrons. The lowest BCUT2D eigenvalue weighted by molar-refractivity contribution is -0.305. The summed E-state index contributed by atoms with van der Waals surface area (Å²) in [7, 11) is 1.32. The van der Waals surface area contributed by atoms with Crippen LogP contribution in [0, 0.1) is 0 Å². The van der Waals surface area contributed by atoms with Crippen molar-refractivity contribution in [1.29, 1.82) is 0 Å². The van der Waals surface area contributed by atoms with Crippen LogP contribution >= 0.6 is 0 Å². The van der Waals surface area contributed by atoms with Crippen molar-refractivity contribution < 1.29 is 40.1 Å². The van der Waals surface area contributed by atoms with Crippen molar-refractivity contribution in [3.05, 3.63) is 0 Å². The zero-order chi connectivity index (χ0) is 16.4. The second-order valence-electron chi connectivity index (χ2n) is 5.70. The van der Waals surface area contributed by atoms with Crippen LogP contribution in [0.5, 0.6) is 0 Å². The number of rotatable bonds is 6. The van der Waals surface area contributed by atoms with Gasteiger partial charge < -0.3 is 40.1 Å². The second kappa shape index (κ2) is 7.30. The normalized spacial score (nSPS) is 39.6. The average Bonchev–Trinajstić information content (AvgIpc) is 2.40. The first-order valence-electron chi connectivity index (χ1n) is 6.94. The Bertz CT molecular complexity index is 323. The Morgan fingerprint density at radius 3 is 2.24 bits per heavy atom. The van der Waals surface area contributed by atoms with E-state index in [2.05, 4.69) is 0 Å². The predicted octanol–water partition coefficient (Wildman–Crippen LogP) is -2.29. The summed E-state index contributed by atoms with van der Waals surface area (Å²) in [6.45, 7) is 2.66. The van der Waals surface area contributed by atoms with Gasteiger partial charge in [-0.2, -0.15) is 0 Å². The van der Waals surface area contributed by atoms with Gasteiger partial charge in [-0.1, -0.05) is 0 Å². The molecular formula is C13H26O8. The molecule has 0 aromatic heterocycles. The fourth-order valence-corrected chi connectivity index (χ4v) is 2.53. The van der Waals surface area contributed by atoms with Gasteiger partial charge in [0.05, 0.1) is 24.4 Å². The molecule has 0 amide bonds. The molecule has 21 heavy (non-hydrogen) atoms. The van der Waals surface area contributed by atoms with Gasteiger partial charge in [-0.05, 0) is 13.8 Å². The molecule has 1 aliphatic rings. The molecule has 1 heterocycles. The number of hydrogen-bond donors (Lipinski definition) is 6. The minimum atomic E-state index is -1.80. The van der Waals surface area contributed by atoms with Crippen LogP contribution in [-0.2, 0) is 9.47 Å². The first-order valence-corrected chi connectivity index (χ1v) is 6.94. The minimum Gasteiger partial charge on any atom is -0.391 e. The van der Waals surface area contributed by atoms with Crippen LogP contribution < -0.4 is 0 Å². The second-order valence-corrected chi connectivity index (χ2v) is 5.70. The maximum Gasteiger partial charge on any atom is 0.183 e. The quantitative estimate of drug-likeness (QED) is 0.322. The molecule has 1 fully saturated rings. The van der Waals surface area contributed by atoms with Crippen LogP contribution in [0.4, 0.5) is 0 Å². The molecular weight excluding hydrogens is 284 g/mol. The van der Waals surface area contributed by atoms with Gasteiger partial charge >= 0.3 is 0 Å². The highest BCUT2D eigenvalue weighted by atomic mass is 16.7. The molecule has 0 bridgehead atoms. The van der Waals surface area contributed by atoms with Gasteiger partial charge in [0.2, 0.25) is 0 Å². The topological polar surface area (TPSA) is 140 Å². The number of ether oxygens (including phenoxy) is 2. The van der Waals surface area contributed by atoms with Crippen LogP contribution in [0.2, 0.25) is 0 Å². The Morgan fingerprint density at radius 1 is 1.24 bits per heavy atom. The molecule has 6 N–H and O–H groups in total. The first kappa shape index (κ1) is 18.7. The highest BCUT2D eigenvalue weighted by Crippen LogP contribution is 2.35. The van der Waals surface area contributed by atoms with E-state index in [4.69, 9.17) is 9.47 Å². The van der Waals surface area contributed by atoms with E-state index in [0.717, 1.165) is 0 Å². The van der Waals surface area contributed by atoms with Gasteiger partial charge in [0, 0.05) is 20.0 Å². The molecule has 8 atom stereocenters. The van der Waals surface area contributed by atoms with Crippen molar-refractivity contribution in [2.45, 2.75) is 75.2 Å². The van der Waals surface area contributed by atoms with E-state index in [-0.39, 0.29) is 12.8 Å². The van der Waals surface area contributed by atoms with Gasteiger partial charge in [0.25, 0.3) is 0 Å². The molecule has 0 spiro atoms. The van der Waals surface area contributed by atoms with Crippen LogP contribution in [0.3, 0.4) is 0 Å². The summed E-state index contributed by atoms with van der Waals surface area (Å²) in [5.41, 5.74) is -1.80. The van der Waals surface area contributed by atoms with Crippen molar-refractivity contribution in [3.63, 3.8) is 0 Å². The van der Waals surface area contributed by atoms with E-state index >= 15 is 0 Å². The third-order valence-electron chi connectivity index (χ3n) is 4.01. The standard InChI is InChI=1S/C13H26O8/c1-6(14)11(18)8(16)4-10-13(19,7(2)15)5-9(17)12(20-3)21-10/h6-12,14-19H,4-5H2,1-3H3. The van der Waals surface area contributed by atoms with Crippen molar-refractivity contribution in [3.8, 4) is 0 Å². The van der Waals surface area contributed by atoms with Crippen molar-refractivity contribution in [2.24, 2.45) is 0 Å². The summed E-state index contributed by atoms with van der Waals surface area (Å²) in [6.07, 6.45) is -8.83. The van der Waals surface area contributed by atoms with Crippen LogP contribution in [0.1, 0.15) is 26.7 Å². The smallest absolute Gasteiger partial charge is 0.183 e. The third kappa shape index (κ3) is 4.11. The molecule has 0 aromatic rings. The van der Waals surface area contributed by atoms with Gasteiger partial charge in [0.15, 0.2) is 6.29 Å². The Hall–Kier alpha value is -0.320. The lowest BCUT2D eigenvalue weighted by atomic mass is 9.80. The largest absolute Gasteiger partial charge is 0.391 e.